The molecule has 0 spiro atoms. The molecule has 0 aromatic heterocycles. The van der Waals surface area contributed by atoms with Crippen LogP contribution in [0.15, 0.2) is 84.9 Å². The van der Waals surface area contributed by atoms with E-state index in [0.717, 1.165) is 36.1 Å². The Morgan fingerprint density at radius 2 is 1.50 bits per heavy atom. The molecule has 0 aliphatic rings. The van der Waals surface area contributed by atoms with Crippen molar-refractivity contribution in [1.29, 1.82) is 0 Å². The summed E-state index contributed by atoms with van der Waals surface area (Å²) in [5.74, 6) is 0.854. The van der Waals surface area contributed by atoms with Gasteiger partial charge in [-0.2, -0.15) is 0 Å². The van der Waals surface area contributed by atoms with E-state index < -0.39 is 5.97 Å². The van der Waals surface area contributed by atoms with Gasteiger partial charge in [0.1, 0.15) is 23.7 Å². The molecule has 0 aliphatic heterocycles. The van der Waals surface area contributed by atoms with Gasteiger partial charge in [-0.1, -0.05) is 101 Å². The highest BCUT2D eigenvalue weighted by molar-refractivity contribution is 5.96. The number of phenols is 1. The van der Waals surface area contributed by atoms with Crippen molar-refractivity contribution in [1.82, 2.24) is 0 Å². The van der Waals surface area contributed by atoms with E-state index in [9.17, 15) is 9.90 Å². The minimum Gasteiger partial charge on any atom is -0.506 e. The maximum absolute atomic E-state index is 12.9. The molecule has 0 bridgehead atoms. The summed E-state index contributed by atoms with van der Waals surface area (Å²) in [4.78, 5) is 12.9. The first-order valence-electron chi connectivity index (χ1n) is 15.0. The zero-order chi connectivity index (χ0) is 30.1. The summed E-state index contributed by atoms with van der Waals surface area (Å²) in [6.07, 6.45) is 1.64. The quantitative estimate of drug-likeness (QED) is 0.125. The normalized spacial score (nSPS) is 11.1. The van der Waals surface area contributed by atoms with Crippen molar-refractivity contribution < 1.29 is 19.4 Å². The minimum absolute atomic E-state index is 0.109. The maximum atomic E-state index is 12.9. The van der Waals surface area contributed by atoms with Crippen LogP contribution >= 0.6 is 0 Å². The first-order valence-corrected chi connectivity index (χ1v) is 15.0. The highest BCUT2D eigenvalue weighted by atomic mass is 16.5. The van der Waals surface area contributed by atoms with Gasteiger partial charge in [-0.15, -0.1) is 0 Å². The number of ether oxygens (including phenoxy) is 2. The van der Waals surface area contributed by atoms with Gasteiger partial charge >= 0.3 is 5.97 Å². The smallest absolute Gasteiger partial charge is 0.342 e. The Bertz CT molecular complexity index is 1450. The number of benzene rings is 4. The van der Waals surface area contributed by atoms with E-state index in [0.29, 0.717) is 29.8 Å². The predicted octanol–water partition coefficient (Wildman–Crippen LogP) is 9.11. The number of rotatable bonds is 13. The van der Waals surface area contributed by atoms with E-state index in [4.69, 9.17) is 9.47 Å². The summed E-state index contributed by atoms with van der Waals surface area (Å²) >= 11 is 0. The number of anilines is 1. The molecular formula is C37H43NO4. The molecule has 5 nitrogen and oxygen atoms in total. The van der Waals surface area contributed by atoms with Crippen LogP contribution in [-0.2, 0) is 17.8 Å². The zero-order valence-corrected chi connectivity index (χ0v) is 25.4. The average Bonchev–Trinajstić information content (AvgIpc) is 3.00. The largest absolute Gasteiger partial charge is 0.506 e. The molecule has 220 valence electrons. The van der Waals surface area contributed by atoms with Crippen molar-refractivity contribution in [3.8, 4) is 22.6 Å². The van der Waals surface area contributed by atoms with E-state index >= 15 is 0 Å². The van der Waals surface area contributed by atoms with E-state index in [-0.39, 0.29) is 17.9 Å². The molecule has 2 N–H and O–H groups in total. The fraction of sp³-hybridized carbons (Fsp3) is 0.324. The first kappa shape index (κ1) is 30.7. The van der Waals surface area contributed by atoms with Gasteiger partial charge in [0.15, 0.2) is 0 Å². The Balaban J connectivity index is 1.47. The van der Waals surface area contributed by atoms with Crippen LogP contribution in [0.2, 0.25) is 0 Å². The summed E-state index contributed by atoms with van der Waals surface area (Å²) in [5, 5.41) is 14.9. The molecule has 0 fully saturated rings. The summed E-state index contributed by atoms with van der Waals surface area (Å²) < 4.78 is 11.8. The molecule has 0 radical (unpaired) electrons. The van der Waals surface area contributed by atoms with Crippen molar-refractivity contribution >= 4 is 11.7 Å². The van der Waals surface area contributed by atoms with Gasteiger partial charge in [0, 0.05) is 23.4 Å². The molecule has 0 heterocycles. The molecule has 4 aromatic carbocycles. The third kappa shape index (κ3) is 7.52. The fourth-order valence-corrected chi connectivity index (χ4v) is 5.08. The average molecular weight is 566 g/mol. The van der Waals surface area contributed by atoms with Crippen LogP contribution < -0.4 is 10.1 Å². The number of carbonyl (C=O) groups excluding carboxylic acids is 1. The Labute approximate surface area is 250 Å². The lowest BCUT2D eigenvalue weighted by molar-refractivity contribution is 0.0469. The van der Waals surface area contributed by atoms with Gasteiger partial charge < -0.3 is 19.9 Å². The SMILES string of the molecule is CCc1ccc(OCCCNc2c(C(C)C)cccc2C(C)C)c(-c2cccc(C(=O)OCc3ccccc3)c2O)c1. The highest BCUT2D eigenvalue weighted by Crippen LogP contribution is 2.39. The molecule has 0 saturated heterocycles. The second kappa shape index (κ2) is 14.6. The van der Waals surface area contributed by atoms with Gasteiger partial charge in [-0.05, 0) is 65.1 Å². The van der Waals surface area contributed by atoms with Crippen LogP contribution in [0.1, 0.15) is 85.5 Å². The Hall–Kier alpha value is -4.25. The number of carbonyl (C=O) groups is 1. The number of hydrogen-bond acceptors (Lipinski definition) is 5. The lowest BCUT2D eigenvalue weighted by Gasteiger charge is -2.21. The summed E-state index contributed by atoms with van der Waals surface area (Å²) in [6, 6.07) is 27.2. The van der Waals surface area contributed by atoms with Gasteiger partial charge in [-0.3, -0.25) is 0 Å². The Kier molecular flexibility index (Phi) is 10.7. The van der Waals surface area contributed by atoms with Crippen LogP contribution in [0.5, 0.6) is 11.5 Å². The standard InChI is InChI=1S/C37H43NO4/c1-6-27-19-20-34(41-22-12-21-38-35-29(25(2)3)15-10-16-30(35)26(4)5)33(23-27)31-17-11-18-32(36(31)39)37(40)42-24-28-13-8-7-9-14-28/h7-11,13-20,23,25-26,38-39H,6,12,21-22,24H2,1-5H3. The third-order valence-electron chi connectivity index (χ3n) is 7.46. The van der Waals surface area contributed by atoms with E-state index in [1.807, 2.05) is 54.6 Å². The van der Waals surface area contributed by atoms with Crippen LogP contribution in [0.3, 0.4) is 0 Å². The number of aromatic hydroxyl groups is 1. The molecule has 0 aliphatic carbocycles. The van der Waals surface area contributed by atoms with E-state index in [2.05, 4.69) is 58.1 Å². The second-order valence-corrected chi connectivity index (χ2v) is 11.2. The Morgan fingerprint density at radius 3 is 2.17 bits per heavy atom. The van der Waals surface area contributed by atoms with Crippen LogP contribution in [0.4, 0.5) is 5.69 Å². The summed E-state index contributed by atoms with van der Waals surface area (Å²) in [6.45, 7) is 12.4. The van der Waals surface area contributed by atoms with Crippen molar-refractivity contribution in [2.45, 2.75) is 65.9 Å². The monoisotopic (exact) mass is 565 g/mol. The van der Waals surface area contributed by atoms with Gasteiger partial charge in [0.2, 0.25) is 0 Å². The van der Waals surface area contributed by atoms with Crippen molar-refractivity contribution in [3.05, 3.63) is 113 Å². The molecule has 5 heteroatoms. The summed E-state index contributed by atoms with van der Waals surface area (Å²) in [7, 11) is 0. The number of para-hydroxylation sites is 2. The van der Waals surface area contributed by atoms with Gasteiger partial charge in [0.05, 0.1) is 6.61 Å². The number of nitrogens with one attached hydrogen (secondary N) is 1. The topological polar surface area (TPSA) is 67.8 Å². The van der Waals surface area contributed by atoms with Crippen molar-refractivity contribution in [2.24, 2.45) is 0 Å². The molecule has 42 heavy (non-hydrogen) atoms. The molecule has 0 atom stereocenters. The Morgan fingerprint density at radius 1 is 0.810 bits per heavy atom. The molecule has 4 rings (SSSR count). The van der Waals surface area contributed by atoms with Gasteiger partial charge in [0.25, 0.3) is 0 Å². The van der Waals surface area contributed by atoms with Crippen LogP contribution in [0.25, 0.3) is 11.1 Å². The molecule has 0 amide bonds. The third-order valence-corrected chi connectivity index (χ3v) is 7.46. The summed E-state index contributed by atoms with van der Waals surface area (Å²) in [5.41, 5.74) is 7.32. The molecule has 4 aromatic rings. The molecule has 0 saturated carbocycles. The van der Waals surface area contributed by atoms with Gasteiger partial charge in [-0.25, -0.2) is 4.79 Å². The highest BCUT2D eigenvalue weighted by Gasteiger charge is 2.20. The molecular weight excluding hydrogens is 522 g/mol. The van der Waals surface area contributed by atoms with Crippen LogP contribution in [-0.4, -0.2) is 24.2 Å². The number of phenolic OH excluding ortho intramolecular Hbond substituents is 1. The van der Waals surface area contributed by atoms with E-state index in [1.54, 1.807) is 12.1 Å². The van der Waals surface area contributed by atoms with Crippen molar-refractivity contribution in [3.63, 3.8) is 0 Å². The maximum Gasteiger partial charge on any atom is 0.342 e. The predicted molar refractivity (Wildman–Crippen MR) is 172 cm³/mol. The van der Waals surface area contributed by atoms with Crippen LogP contribution in [0, 0.1) is 0 Å². The lowest BCUT2D eigenvalue weighted by Crippen LogP contribution is -2.12. The number of hydrogen-bond donors (Lipinski definition) is 2. The second-order valence-electron chi connectivity index (χ2n) is 11.2. The van der Waals surface area contributed by atoms with E-state index in [1.165, 1.54) is 16.8 Å². The number of aryl methyl sites for hydroxylation is 1. The molecule has 0 unspecified atom stereocenters. The first-order chi connectivity index (χ1) is 20.3. The number of esters is 1. The fourth-order valence-electron chi connectivity index (χ4n) is 5.08. The minimum atomic E-state index is -0.569. The van der Waals surface area contributed by atoms with Crippen molar-refractivity contribution in [2.75, 3.05) is 18.5 Å². The lowest BCUT2D eigenvalue weighted by atomic mass is 9.92. The zero-order valence-electron chi connectivity index (χ0n) is 25.4.